The lowest BCUT2D eigenvalue weighted by atomic mass is 9.93. The molecular formula is C20H21ClN2O4S. The van der Waals surface area contributed by atoms with E-state index in [1.807, 2.05) is 13.8 Å². The molecule has 2 aromatic carbocycles. The molecule has 0 bridgehead atoms. The lowest BCUT2D eigenvalue weighted by Crippen LogP contribution is -2.54. The average molecular weight is 421 g/mol. The molecule has 0 saturated carbocycles. The molecule has 28 heavy (non-hydrogen) atoms. The SMILES string of the molecule is CCC(C)[C@H]1C(=O)Nc2cc(S(C)(=O)=O)ccc2N1C(=O)c1ccc(Cl)cc1. The molecule has 1 unspecified atom stereocenters. The molecule has 2 atom stereocenters. The number of fused-ring (bicyclic) bond motifs is 1. The molecule has 0 fully saturated rings. The maximum atomic E-state index is 13.3. The van der Waals surface area contributed by atoms with E-state index < -0.39 is 15.9 Å². The van der Waals surface area contributed by atoms with Gasteiger partial charge in [0.2, 0.25) is 5.91 Å². The number of amides is 2. The van der Waals surface area contributed by atoms with Crippen LogP contribution in [0.3, 0.4) is 0 Å². The minimum Gasteiger partial charge on any atom is -0.322 e. The molecule has 1 aliphatic rings. The van der Waals surface area contributed by atoms with Gasteiger partial charge in [-0.3, -0.25) is 14.5 Å². The Labute approximate surface area is 169 Å². The molecular weight excluding hydrogens is 400 g/mol. The number of anilines is 2. The van der Waals surface area contributed by atoms with E-state index in [1.54, 1.807) is 30.3 Å². The number of nitrogens with one attached hydrogen (secondary N) is 1. The summed E-state index contributed by atoms with van der Waals surface area (Å²) in [5.41, 5.74) is 1.16. The highest BCUT2D eigenvalue weighted by atomic mass is 35.5. The summed E-state index contributed by atoms with van der Waals surface area (Å²) in [6, 6.07) is 10.1. The topological polar surface area (TPSA) is 83.6 Å². The lowest BCUT2D eigenvalue weighted by molar-refractivity contribution is -0.118. The van der Waals surface area contributed by atoms with Crippen LogP contribution in [-0.2, 0) is 14.6 Å². The van der Waals surface area contributed by atoms with E-state index in [9.17, 15) is 18.0 Å². The summed E-state index contributed by atoms with van der Waals surface area (Å²) in [6.45, 7) is 3.85. The molecule has 0 radical (unpaired) electrons. The maximum Gasteiger partial charge on any atom is 0.259 e. The molecule has 1 aliphatic heterocycles. The van der Waals surface area contributed by atoms with Crippen LogP contribution in [0.5, 0.6) is 0 Å². The summed E-state index contributed by atoms with van der Waals surface area (Å²) >= 11 is 5.92. The minimum absolute atomic E-state index is 0.0763. The van der Waals surface area contributed by atoms with Crippen molar-refractivity contribution in [3.05, 3.63) is 53.1 Å². The zero-order valence-electron chi connectivity index (χ0n) is 15.8. The predicted molar refractivity (Wildman–Crippen MR) is 110 cm³/mol. The lowest BCUT2D eigenvalue weighted by Gasteiger charge is -2.39. The van der Waals surface area contributed by atoms with Crippen LogP contribution < -0.4 is 10.2 Å². The van der Waals surface area contributed by atoms with Crippen molar-refractivity contribution in [1.82, 2.24) is 0 Å². The number of rotatable bonds is 4. The first kappa shape index (κ1) is 20.4. The van der Waals surface area contributed by atoms with Gasteiger partial charge in [0.15, 0.2) is 9.84 Å². The molecule has 1 N–H and O–H groups in total. The molecule has 0 aromatic heterocycles. The Balaban J connectivity index is 2.16. The van der Waals surface area contributed by atoms with Gasteiger partial charge in [-0.1, -0.05) is 31.9 Å². The second-order valence-electron chi connectivity index (χ2n) is 6.95. The van der Waals surface area contributed by atoms with E-state index in [0.29, 0.717) is 28.4 Å². The van der Waals surface area contributed by atoms with Gasteiger partial charge in [0.05, 0.1) is 16.3 Å². The standard InChI is InChI=1S/C20H21ClN2O4S/c1-4-12(2)18-19(24)22-16-11-15(28(3,26)27)9-10-17(16)23(18)20(25)13-5-7-14(21)8-6-13/h5-12,18H,4H2,1-3H3,(H,22,24)/t12?,18-/m0/s1. The largest absolute Gasteiger partial charge is 0.322 e. The van der Waals surface area contributed by atoms with Gasteiger partial charge in [-0.15, -0.1) is 0 Å². The number of benzene rings is 2. The summed E-state index contributed by atoms with van der Waals surface area (Å²) in [7, 11) is -3.45. The third-order valence-corrected chi connectivity index (χ3v) is 6.32. The number of sulfone groups is 1. The zero-order chi connectivity index (χ0) is 20.6. The fourth-order valence-electron chi connectivity index (χ4n) is 3.23. The quantitative estimate of drug-likeness (QED) is 0.816. The van der Waals surface area contributed by atoms with Gasteiger partial charge in [0.25, 0.3) is 5.91 Å². The van der Waals surface area contributed by atoms with Gasteiger partial charge in [0, 0.05) is 16.8 Å². The summed E-state index contributed by atoms with van der Waals surface area (Å²) in [4.78, 5) is 27.7. The van der Waals surface area contributed by atoms with Gasteiger partial charge in [0.1, 0.15) is 6.04 Å². The first-order valence-electron chi connectivity index (χ1n) is 8.87. The van der Waals surface area contributed by atoms with Crippen molar-refractivity contribution >= 4 is 44.6 Å². The van der Waals surface area contributed by atoms with Gasteiger partial charge >= 0.3 is 0 Å². The highest BCUT2D eigenvalue weighted by Crippen LogP contribution is 2.37. The summed E-state index contributed by atoms with van der Waals surface area (Å²) in [5.74, 6) is -0.779. The highest BCUT2D eigenvalue weighted by molar-refractivity contribution is 7.90. The first-order chi connectivity index (χ1) is 13.1. The van der Waals surface area contributed by atoms with E-state index in [0.717, 1.165) is 6.26 Å². The van der Waals surface area contributed by atoms with Crippen molar-refractivity contribution in [2.45, 2.75) is 31.2 Å². The summed E-state index contributed by atoms with van der Waals surface area (Å²) in [6.07, 6.45) is 1.79. The minimum atomic E-state index is -3.45. The Morgan fingerprint density at radius 1 is 1.21 bits per heavy atom. The molecule has 6 nitrogen and oxygen atoms in total. The number of hydrogen-bond acceptors (Lipinski definition) is 4. The predicted octanol–water partition coefficient (Wildman–Crippen LogP) is 3.76. The zero-order valence-corrected chi connectivity index (χ0v) is 17.3. The number of hydrogen-bond donors (Lipinski definition) is 1. The van der Waals surface area contributed by atoms with E-state index in [4.69, 9.17) is 11.6 Å². The summed E-state index contributed by atoms with van der Waals surface area (Å²) < 4.78 is 23.8. The molecule has 2 amide bonds. The normalized spacial score (nSPS) is 17.6. The average Bonchev–Trinajstić information content (AvgIpc) is 2.65. The molecule has 8 heteroatoms. The highest BCUT2D eigenvalue weighted by Gasteiger charge is 2.40. The van der Waals surface area contributed by atoms with Crippen molar-refractivity contribution in [3.63, 3.8) is 0 Å². The Bertz CT molecular complexity index is 1030. The number of carbonyl (C=O) groups excluding carboxylic acids is 2. The van der Waals surface area contributed by atoms with Crippen molar-refractivity contribution in [2.24, 2.45) is 5.92 Å². The van der Waals surface area contributed by atoms with Crippen molar-refractivity contribution < 1.29 is 18.0 Å². The van der Waals surface area contributed by atoms with E-state index >= 15 is 0 Å². The molecule has 0 aliphatic carbocycles. The smallest absolute Gasteiger partial charge is 0.259 e. The van der Waals surface area contributed by atoms with Crippen LogP contribution in [0.15, 0.2) is 47.4 Å². The van der Waals surface area contributed by atoms with Crippen LogP contribution in [0, 0.1) is 5.92 Å². The third kappa shape index (κ3) is 3.77. The molecule has 0 saturated heterocycles. The molecule has 148 valence electrons. The second-order valence-corrected chi connectivity index (χ2v) is 9.40. The third-order valence-electron chi connectivity index (χ3n) is 4.95. The van der Waals surface area contributed by atoms with Gasteiger partial charge in [-0.05, 0) is 48.4 Å². The van der Waals surface area contributed by atoms with Crippen LogP contribution in [0.1, 0.15) is 30.6 Å². The monoisotopic (exact) mass is 420 g/mol. The molecule has 2 aromatic rings. The van der Waals surface area contributed by atoms with Crippen LogP contribution in [0.25, 0.3) is 0 Å². The van der Waals surface area contributed by atoms with Crippen LogP contribution in [0.4, 0.5) is 11.4 Å². The van der Waals surface area contributed by atoms with E-state index in [-0.39, 0.29) is 22.6 Å². The van der Waals surface area contributed by atoms with Crippen LogP contribution >= 0.6 is 11.6 Å². The number of carbonyl (C=O) groups is 2. The molecule has 0 spiro atoms. The fraction of sp³-hybridized carbons (Fsp3) is 0.300. The van der Waals surface area contributed by atoms with E-state index in [2.05, 4.69) is 5.32 Å². The Morgan fingerprint density at radius 3 is 2.43 bits per heavy atom. The van der Waals surface area contributed by atoms with Gasteiger partial charge in [-0.25, -0.2) is 8.42 Å². The first-order valence-corrected chi connectivity index (χ1v) is 11.1. The van der Waals surface area contributed by atoms with Crippen molar-refractivity contribution in [1.29, 1.82) is 0 Å². The van der Waals surface area contributed by atoms with Crippen LogP contribution in [-0.4, -0.2) is 32.5 Å². The van der Waals surface area contributed by atoms with Crippen molar-refractivity contribution in [2.75, 3.05) is 16.5 Å². The molecule has 3 rings (SSSR count). The van der Waals surface area contributed by atoms with E-state index in [1.165, 1.54) is 17.0 Å². The Morgan fingerprint density at radius 2 is 1.86 bits per heavy atom. The number of halogens is 1. The van der Waals surface area contributed by atoms with Gasteiger partial charge in [-0.2, -0.15) is 0 Å². The molecule has 1 heterocycles. The van der Waals surface area contributed by atoms with Gasteiger partial charge < -0.3 is 5.32 Å². The maximum absolute atomic E-state index is 13.3. The fourth-order valence-corrected chi connectivity index (χ4v) is 4.01. The van der Waals surface area contributed by atoms with Crippen molar-refractivity contribution in [3.8, 4) is 0 Å². The second kappa shape index (κ2) is 7.56. The summed E-state index contributed by atoms with van der Waals surface area (Å²) in [5, 5.41) is 3.27. The van der Waals surface area contributed by atoms with Crippen LogP contribution in [0.2, 0.25) is 5.02 Å². The Hall–Kier alpha value is -2.38. The Kier molecular flexibility index (Phi) is 5.50. The number of nitrogens with zero attached hydrogens (tertiary/aromatic N) is 1.